The van der Waals surface area contributed by atoms with Gasteiger partial charge in [-0.3, -0.25) is 9.59 Å². The molecule has 3 aromatic heterocycles. The molecule has 0 spiro atoms. The minimum Gasteiger partial charge on any atom is -0.664 e. The molecule has 4 atom stereocenters. The van der Waals surface area contributed by atoms with Crippen molar-refractivity contribution in [3.63, 3.8) is 0 Å². The largest absolute Gasteiger partial charge is 2.00 e. The van der Waals surface area contributed by atoms with Gasteiger partial charge >= 0.3 is 29.0 Å². The summed E-state index contributed by atoms with van der Waals surface area (Å²) in [6.45, 7) is 18.8. The Hall–Kier alpha value is -3.83. The third-order valence-electron chi connectivity index (χ3n) is 10.8. The molecule has 270 valence electrons. The molecule has 1 saturated heterocycles. The van der Waals surface area contributed by atoms with Crippen LogP contribution < -0.4 is 25.7 Å². The van der Waals surface area contributed by atoms with Crippen molar-refractivity contribution in [1.29, 1.82) is 0 Å². The van der Waals surface area contributed by atoms with E-state index in [1.165, 1.54) is 12.7 Å². The molecule has 10 heteroatoms. The number of aliphatic hydroxyl groups is 1. The first-order valence-electron chi connectivity index (χ1n) is 18.0. The van der Waals surface area contributed by atoms with E-state index in [1.54, 1.807) is 0 Å². The number of carbonyl (C=O) groups excluding carboxylic acids is 2. The fourth-order valence-electron chi connectivity index (χ4n) is 7.85. The van der Waals surface area contributed by atoms with Gasteiger partial charge in [0.15, 0.2) is 12.1 Å². The quantitative estimate of drug-likeness (QED) is 0.0906. The summed E-state index contributed by atoms with van der Waals surface area (Å²) in [5.74, 6) is -2.56. The second kappa shape index (κ2) is 16.0. The van der Waals surface area contributed by atoms with Crippen LogP contribution in [0, 0.1) is 38.5 Å². The predicted molar refractivity (Wildman–Crippen MR) is 206 cm³/mol. The molecule has 3 aromatic rings. The Morgan fingerprint density at radius 1 is 1.02 bits per heavy atom. The van der Waals surface area contributed by atoms with Crippen LogP contribution in [-0.4, -0.2) is 59.9 Å². The molecular formula is C42H48MgN4O5-2. The van der Waals surface area contributed by atoms with Gasteiger partial charge in [-0.15, -0.1) is 33.5 Å². The van der Waals surface area contributed by atoms with Gasteiger partial charge < -0.3 is 34.8 Å². The number of ether oxygens (including phenoxy) is 2. The topological polar surface area (TPSA) is 129 Å². The van der Waals surface area contributed by atoms with E-state index in [0.29, 0.717) is 53.2 Å². The van der Waals surface area contributed by atoms with Crippen LogP contribution in [0.4, 0.5) is 0 Å². The second-order valence-electron chi connectivity index (χ2n) is 14.0. The first-order chi connectivity index (χ1) is 24.4. The first-order valence-corrected chi connectivity index (χ1v) is 18.0. The average molecular weight is 713 g/mol. The molecule has 8 bridgehead atoms. The summed E-state index contributed by atoms with van der Waals surface area (Å²) in [5, 5.41) is 17.7. The Labute approximate surface area is 322 Å². The van der Waals surface area contributed by atoms with Crippen LogP contribution in [0.1, 0.15) is 114 Å². The Morgan fingerprint density at radius 3 is 2.40 bits per heavy atom. The number of Topliss-reactive ketones (excluding diaryl/α,β-unsaturated/α-hetero) is 1. The van der Waals surface area contributed by atoms with Gasteiger partial charge in [-0.25, -0.2) is 0 Å². The fraction of sp³-hybridized carbons (Fsp3) is 0.429. The number of hydrogen-bond donors (Lipinski definition) is 1. The smallest absolute Gasteiger partial charge is 0.664 e. The van der Waals surface area contributed by atoms with Gasteiger partial charge in [0, 0.05) is 5.56 Å². The van der Waals surface area contributed by atoms with Crippen molar-refractivity contribution in [1.82, 2.24) is 15.0 Å². The van der Waals surface area contributed by atoms with Crippen LogP contribution >= 0.6 is 0 Å². The molecule has 2 aliphatic heterocycles. The molecule has 0 radical (unpaired) electrons. The maximum absolute atomic E-state index is 14.2. The number of aliphatic hydroxyl groups excluding tert-OH is 1. The van der Waals surface area contributed by atoms with Crippen molar-refractivity contribution in [3.05, 3.63) is 102 Å². The van der Waals surface area contributed by atoms with Gasteiger partial charge in [0.25, 0.3) is 0 Å². The number of carbonyl (C=O) groups is 2. The van der Waals surface area contributed by atoms with Crippen LogP contribution in [0.25, 0.3) is 35.2 Å². The Morgan fingerprint density at radius 2 is 1.73 bits per heavy atom. The second-order valence-corrected chi connectivity index (χ2v) is 14.0. The summed E-state index contributed by atoms with van der Waals surface area (Å²) < 4.78 is 11.0. The molecular weight excluding hydrogens is 665 g/mol. The van der Waals surface area contributed by atoms with Crippen LogP contribution in [0.2, 0.25) is 0 Å². The molecule has 9 nitrogen and oxygen atoms in total. The summed E-state index contributed by atoms with van der Waals surface area (Å²) in [5.41, 5.74) is 10.9. The molecule has 1 unspecified atom stereocenters. The van der Waals surface area contributed by atoms with Gasteiger partial charge in [-0.05, 0) is 70.8 Å². The summed E-state index contributed by atoms with van der Waals surface area (Å²) in [7, 11) is 1.30. The fourth-order valence-corrected chi connectivity index (χ4v) is 7.85. The average Bonchev–Trinajstić information content (AvgIpc) is 3.84. The Bertz CT molecular complexity index is 2120. The number of allylic oxidation sites excluding steroid dienone is 3. The van der Waals surface area contributed by atoms with E-state index >= 15 is 0 Å². The molecule has 0 saturated carbocycles. The number of fused-ring (bicyclic) bond motifs is 7. The zero-order chi connectivity index (χ0) is 36.7. The maximum Gasteiger partial charge on any atom is 2.00 e. The zero-order valence-electron chi connectivity index (χ0n) is 31.7. The summed E-state index contributed by atoms with van der Waals surface area (Å²) in [4.78, 5) is 42.8. The standard InChI is InChI=1S/C42H49N4O5.Mg/c1-10-13-21(4)16-17-51-35(47)15-14-28-24(7)31-18-29-22(5)26(11-2)33(43-29)19-30-23(6)27(12-3)34(44-30)20-32-25(8)36-40(46-32)37(39(28)45-31)38(41(36)48)42(49)50-9;/h11,16,18-20,24,28,35,38,47H,2,10,12-15,17H2,1,3-9H3,(H-,45,46,48);/q-3;+2/p-1/b21-16-,30-19-,31-18-,34-20-;/t24-,28-,35?,38+;/m0./s1. The molecule has 1 N–H and O–H groups in total. The van der Waals surface area contributed by atoms with E-state index < -0.39 is 18.2 Å². The normalized spacial score (nSPS) is 23.5. The number of rotatable bonds is 11. The van der Waals surface area contributed by atoms with E-state index in [-0.39, 0.29) is 40.7 Å². The minimum absolute atomic E-state index is 0. The number of hydrogen-bond acceptors (Lipinski definition) is 5. The van der Waals surface area contributed by atoms with Gasteiger partial charge in [-0.2, -0.15) is 11.4 Å². The van der Waals surface area contributed by atoms with Gasteiger partial charge in [-0.1, -0.05) is 97.6 Å². The van der Waals surface area contributed by atoms with E-state index in [9.17, 15) is 14.7 Å². The monoisotopic (exact) mass is 712 g/mol. The van der Waals surface area contributed by atoms with Crippen molar-refractivity contribution in [2.75, 3.05) is 13.7 Å². The van der Waals surface area contributed by atoms with Crippen molar-refractivity contribution in [2.24, 2.45) is 17.8 Å². The van der Waals surface area contributed by atoms with Crippen LogP contribution in [0.15, 0.2) is 29.6 Å². The molecule has 3 aliphatic rings. The third kappa shape index (κ3) is 6.98. The molecule has 52 heavy (non-hydrogen) atoms. The van der Waals surface area contributed by atoms with Crippen molar-refractivity contribution < 1.29 is 24.2 Å². The van der Waals surface area contributed by atoms with Crippen molar-refractivity contribution in [2.45, 2.75) is 86.9 Å². The Kier molecular flexibility index (Phi) is 12.1. The maximum atomic E-state index is 14.2. The van der Waals surface area contributed by atoms with Gasteiger partial charge in [0.1, 0.15) is 5.92 Å². The molecule has 0 aromatic carbocycles. The minimum atomic E-state index is -1.19. The molecule has 6 rings (SSSR count). The zero-order valence-corrected chi connectivity index (χ0v) is 33.1. The number of methoxy groups -OCH3 is 1. The van der Waals surface area contributed by atoms with E-state index in [1.807, 2.05) is 44.2 Å². The summed E-state index contributed by atoms with van der Waals surface area (Å²) in [6.07, 6.45) is 12.4. The molecule has 0 amide bonds. The van der Waals surface area contributed by atoms with Gasteiger partial charge in [0.2, 0.25) is 0 Å². The van der Waals surface area contributed by atoms with Gasteiger partial charge in [0.05, 0.1) is 13.7 Å². The van der Waals surface area contributed by atoms with E-state index in [2.05, 4.69) is 41.2 Å². The third-order valence-corrected chi connectivity index (χ3v) is 10.8. The van der Waals surface area contributed by atoms with Crippen LogP contribution in [0.5, 0.6) is 0 Å². The predicted octanol–water partition coefficient (Wildman–Crippen LogP) is 5.52. The van der Waals surface area contributed by atoms with E-state index in [4.69, 9.17) is 29.7 Å². The molecule has 5 heterocycles. The number of esters is 1. The molecule has 1 aliphatic carbocycles. The van der Waals surface area contributed by atoms with Crippen LogP contribution in [-0.2, 0) is 20.7 Å². The first kappa shape index (κ1) is 39.4. The SMILES string of the molecule is C=Cc1c2[n-]c(c1C)/C=C1\[N-]/C(=C3\c4[n-]c(c(C)c4C(=O)[C@@H]3C(=O)OC)/C=c3\[n-]/c(c(C)c3CC)=C\2)[C@@H](CCC(O)OC/C=C(/C)CCC)[C@@H]1C.[Mg+2]. The van der Waals surface area contributed by atoms with Crippen molar-refractivity contribution >= 4 is 64.7 Å². The summed E-state index contributed by atoms with van der Waals surface area (Å²) >= 11 is 0. The molecule has 1 fully saturated rings. The number of ketones is 1. The van der Waals surface area contributed by atoms with Crippen molar-refractivity contribution in [3.8, 4) is 0 Å². The summed E-state index contributed by atoms with van der Waals surface area (Å²) in [6, 6.07) is 0. The number of nitrogens with zero attached hydrogens (tertiary/aromatic N) is 4. The number of aromatic nitrogens is 3. The van der Waals surface area contributed by atoms with Crippen LogP contribution in [0.3, 0.4) is 0 Å². The van der Waals surface area contributed by atoms with E-state index in [0.717, 1.165) is 69.3 Å². The Balaban J connectivity index is 0.00000523.